The molecule has 0 unspecified atom stereocenters. The van der Waals surface area contributed by atoms with Crippen molar-refractivity contribution in [1.29, 1.82) is 0 Å². The lowest BCUT2D eigenvalue weighted by molar-refractivity contribution is -0.384. The predicted octanol–water partition coefficient (Wildman–Crippen LogP) is 15.2. The Morgan fingerprint density at radius 3 is 1.24 bits per heavy atom. The normalized spacial score (nSPS) is 23.3. The zero-order chi connectivity index (χ0) is 84.7. The Morgan fingerprint density at radius 2 is 0.787 bits per heavy atom. The molecule has 0 spiro atoms. The van der Waals surface area contributed by atoms with E-state index in [9.17, 15) is 14.9 Å². The van der Waals surface area contributed by atoms with E-state index in [1.807, 2.05) is 152 Å². The van der Waals surface area contributed by atoms with Gasteiger partial charge in [-0.25, -0.2) is 19.2 Å². The number of hydrogen-bond donors (Lipinski definition) is 0. The van der Waals surface area contributed by atoms with Gasteiger partial charge in [-0.3, -0.25) is 24.6 Å². The van der Waals surface area contributed by atoms with Crippen molar-refractivity contribution in [2.75, 3.05) is 13.2 Å². The largest absolute Gasteiger partial charge is 0.459 e. The number of nitro groups is 1. The van der Waals surface area contributed by atoms with E-state index >= 15 is 24.0 Å². The fraction of sp³-hybridized carbons (Fsp3) is 0.258. The van der Waals surface area contributed by atoms with Gasteiger partial charge in [0.15, 0.2) is 30.9 Å². The van der Waals surface area contributed by atoms with Crippen LogP contribution in [0.3, 0.4) is 0 Å². The summed E-state index contributed by atoms with van der Waals surface area (Å²) in [6, 6.07) is 90.1. The predicted molar refractivity (Wildman–Crippen MR) is 453 cm³/mol. The third-order valence-electron chi connectivity index (χ3n) is 21.8. The van der Waals surface area contributed by atoms with E-state index in [1.54, 1.807) is 91.9 Å². The van der Waals surface area contributed by atoms with Crippen LogP contribution in [0.5, 0.6) is 0 Å². The van der Waals surface area contributed by atoms with Crippen molar-refractivity contribution in [3.63, 3.8) is 0 Å². The van der Waals surface area contributed by atoms with Crippen molar-refractivity contribution >= 4 is 71.8 Å². The van der Waals surface area contributed by atoms with Crippen LogP contribution in [-0.2, 0) is 81.1 Å². The Labute approximate surface area is 711 Å². The second-order valence-corrected chi connectivity index (χ2v) is 36.3. The van der Waals surface area contributed by atoms with Gasteiger partial charge in [-0.05, 0) is 112 Å². The number of imide groups is 1. The van der Waals surface area contributed by atoms with E-state index in [1.165, 1.54) is 84.9 Å². The number of hydrogen-bond acceptors (Lipinski definition) is 22. The van der Waals surface area contributed by atoms with Crippen LogP contribution in [-0.4, -0.2) is 158 Å². The molecule has 122 heavy (non-hydrogen) atoms. The number of thioether (sulfide) groups is 1. The van der Waals surface area contributed by atoms with E-state index in [0.29, 0.717) is 4.90 Å². The van der Waals surface area contributed by atoms with Gasteiger partial charge in [0.05, 0.1) is 70.8 Å². The first-order valence-electron chi connectivity index (χ1n) is 40.2. The quantitative estimate of drug-likeness (QED) is 0.00975. The average molecular weight is 1680 g/mol. The molecule has 3 saturated heterocycles. The number of carbonyl (C=O) groups is 6. The number of amides is 2. The summed E-state index contributed by atoms with van der Waals surface area (Å²) in [4.78, 5) is 106. The Kier molecular flexibility index (Phi) is 27.4. The van der Waals surface area contributed by atoms with Gasteiger partial charge in [-0.2, -0.15) is 0 Å². The van der Waals surface area contributed by atoms with E-state index in [2.05, 4.69) is 20.8 Å². The molecule has 4 aliphatic heterocycles. The third kappa shape index (κ3) is 19.5. The smallest absolute Gasteiger partial charge is 0.338 e. The highest BCUT2D eigenvalue weighted by atomic mass is 32.2. The summed E-state index contributed by atoms with van der Waals surface area (Å²) >= 11 is 1.01. The first kappa shape index (κ1) is 85.0. The molecular formula is C97H90N2O21SSi. The van der Waals surface area contributed by atoms with Crippen LogP contribution in [0.25, 0.3) is 0 Å². The number of nitrogens with zero attached hydrogens (tertiary/aromatic N) is 2. The SMILES string of the molecule is C[C@@H]1O[C@@H](O[C@H]2[C@H](O[C@@H]3O[C@H](COC(=O)c4ccccc4)[C@H](OC(=O)c4ccccc4)[C@H](OC(=O)c4ccccc4)[C@H]3OC(=O)c3ccccc3)[C@@H](CO[Si](c3ccccc3)(c3ccccc3)C(C)(C)C)O[C@@H](Sc3ccc([N+](=O)[O-])cc3)[C@@H]2N2C(=O)c3ccccc3C2=O)[C@@H](OCc2ccccc2)[C@H](OCc2ccccc2)[C@@H]1OCc1ccccc1. The Hall–Kier alpha value is -12.0. The minimum Gasteiger partial charge on any atom is -0.459 e. The van der Waals surface area contributed by atoms with Crippen LogP contribution in [0.15, 0.2) is 326 Å². The number of nitro benzene ring substituents is 1. The zero-order valence-corrected chi connectivity index (χ0v) is 69.0. The van der Waals surface area contributed by atoms with Crippen LogP contribution in [0, 0.1) is 10.1 Å². The lowest BCUT2D eigenvalue weighted by Gasteiger charge is -2.53. The van der Waals surface area contributed by atoms with E-state index in [0.717, 1.165) is 43.7 Å². The van der Waals surface area contributed by atoms with Crippen molar-refractivity contribution < 1.29 is 95.0 Å². The molecule has 11 aromatic carbocycles. The summed E-state index contributed by atoms with van der Waals surface area (Å²) in [5.74, 6) is -5.44. The van der Waals surface area contributed by atoms with Crippen LogP contribution >= 0.6 is 11.8 Å². The molecule has 23 nitrogen and oxygen atoms in total. The molecule has 11 aromatic rings. The van der Waals surface area contributed by atoms with Crippen molar-refractivity contribution in [2.24, 2.45) is 0 Å². The number of benzene rings is 11. The molecule has 0 N–H and O–H groups in total. The summed E-state index contributed by atoms with van der Waals surface area (Å²) in [7, 11) is -3.79. The van der Waals surface area contributed by atoms with Gasteiger partial charge < -0.3 is 61.3 Å². The maximum atomic E-state index is 16.2. The molecule has 2 amide bonds. The van der Waals surface area contributed by atoms with Crippen molar-refractivity contribution in [2.45, 2.75) is 149 Å². The molecule has 15 atom stereocenters. The van der Waals surface area contributed by atoms with E-state index in [4.69, 9.17) is 61.3 Å². The molecule has 0 aliphatic carbocycles. The number of esters is 4. The molecule has 25 heteroatoms. The number of non-ortho nitro benzene ring substituents is 1. The molecule has 0 radical (unpaired) electrons. The molecule has 0 bridgehead atoms. The fourth-order valence-corrected chi connectivity index (χ4v) is 21.6. The van der Waals surface area contributed by atoms with Crippen LogP contribution in [0.1, 0.15) is 107 Å². The number of fused-ring (bicyclic) bond motifs is 1. The number of ether oxygens (including phenoxy) is 12. The number of rotatable bonds is 31. The average Bonchev–Trinajstić information content (AvgIpc) is 1.29. The Balaban J connectivity index is 0.974. The van der Waals surface area contributed by atoms with Gasteiger partial charge in [0.1, 0.15) is 60.8 Å². The zero-order valence-electron chi connectivity index (χ0n) is 67.2. The lowest BCUT2D eigenvalue weighted by atomic mass is 9.94. The van der Waals surface area contributed by atoms with Crippen molar-refractivity contribution in [1.82, 2.24) is 4.90 Å². The van der Waals surface area contributed by atoms with Crippen LogP contribution in [0.2, 0.25) is 5.04 Å². The maximum absolute atomic E-state index is 16.2. The molecule has 15 rings (SSSR count). The Morgan fingerprint density at radius 1 is 0.410 bits per heavy atom. The summed E-state index contributed by atoms with van der Waals surface area (Å²) in [5, 5.41) is 13.4. The molecule has 3 fully saturated rings. The van der Waals surface area contributed by atoms with E-state index < -0.39 is 158 Å². The molecule has 0 saturated carbocycles. The van der Waals surface area contributed by atoms with Gasteiger partial charge in [-0.15, -0.1) is 0 Å². The molecule has 624 valence electrons. The van der Waals surface area contributed by atoms with Gasteiger partial charge in [0, 0.05) is 17.0 Å². The number of carbonyl (C=O) groups excluding carboxylic acids is 6. The third-order valence-corrected chi connectivity index (χ3v) is 28.0. The first-order valence-corrected chi connectivity index (χ1v) is 43.0. The highest BCUT2D eigenvalue weighted by molar-refractivity contribution is 7.99. The Bertz CT molecular complexity index is 5280. The van der Waals surface area contributed by atoms with Gasteiger partial charge in [-0.1, -0.05) is 269 Å². The highest BCUT2D eigenvalue weighted by Gasteiger charge is 2.62. The minimum atomic E-state index is -3.79. The fourth-order valence-electron chi connectivity index (χ4n) is 15.9. The summed E-state index contributed by atoms with van der Waals surface area (Å²) in [5.41, 5.74) is 0.791. The topological polar surface area (TPSA) is 269 Å². The molecule has 4 aliphatic rings. The monoisotopic (exact) mass is 1680 g/mol. The second kappa shape index (κ2) is 39.3. The summed E-state index contributed by atoms with van der Waals surface area (Å²) in [6.45, 7) is 6.84. The maximum Gasteiger partial charge on any atom is 0.338 e. The lowest BCUT2D eigenvalue weighted by Crippen LogP contribution is -2.71. The standard InChI is InChI=1S/C97H90N2O21SSi/c1-63-80(108-58-64-34-14-5-15-35-64)84(109-59-65-36-16-6-17-37-65)86(110-60-66-38-18-7-19-39-66)94(113-63)120-83-79(98-88(100)75-52-32-33-53-76(75)89(98)101)96(121-72-56-54-71(55-57-72)99(106)107)115-78(62-112-122(97(2,3)4,73-48-28-12-29-49-73)74-50-30-13-31-51-74)81(83)119-95-87(118-93(105)70-46-26-11-27-47-70)85(117-92(104)69-44-24-10-25-45-69)82(116-91(103)68-42-22-9-23-43-68)77(114-95)61-111-90(102)67-40-20-8-21-41-67/h5-57,63,77-87,94-96H,58-62H2,1-4H3/t63-,77+,78+,79+,80+,81+,82-,83+,84+,85-,86-,87+,94-,95-,96-/m0/s1. The van der Waals surface area contributed by atoms with Crippen molar-refractivity contribution in [3.8, 4) is 0 Å². The van der Waals surface area contributed by atoms with Gasteiger partial charge >= 0.3 is 23.9 Å². The molecule has 0 aromatic heterocycles. The summed E-state index contributed by atoms with van der Waals surface area (Å²) in [6.07, 6.45) is -21.1. The van der Waals surface area contributed by atoms with Gasteiger partial charge in [0.2, 0.25) is 0 Å². The minimum absolute atomic E-state index is 0.00401. The van der Waals surface area contributed by atoms with Crippen LogP contribution < -0.4 is 10.4 Å². The summed E-state index contributed by atoms with van der Waals surface area (Å²) < 4.78 is 94.3. The first-order chi connectivity index (χ1) is 59.4. The second-order valence-electron chi connectivity index (χ2n) is 30.8. The van der Waals surface area contributed by atoms with Crippen molar-refractivity contribution in [3.05, 3.63) is 382 Å². The van der Waals surface area contributed by atoms with E-state index in [-0.39, 0.29) is 58.9 Å². The van der Waals surface area contributed by atoms with Crippen LogP contribution in [0.4, 0.5) is 5.69 Å². The molecule has 4 heterocycles. The molecular weight excluding hydrogens is 1590 g/mol. The van der Waals surface area contributed by atoms with Gasteiger partial charge in [0.25, 0.3) is 25.8 Å². The highest BCUT2D eigenvalue weighted by Crippen LogP contribution is 2.47.